The molecule has 0 atom stereocenters. The molecule has 1 amide bonds. The standard InChI is InChI=1S/C18H14BrN3OS/c19-14-6-8-16(9-7-14)24-12-17(23)22-15-10-20-18(21-11-15)13-4-2-1-3-5-13/h1-11H,12H2,(H,22,23). The van der Waals surface area contributed by atoms with Gasteiger partial charge in [-0.1, -0.05) is 46.3 Å². The second-order valence-electron chi connectivity index (χ2n) is 4.95. The van der Waals surface area contributed by atoms with Gasteiger partial charge in [-0.25, -0.2) is 9.97 Å². The Kier molecular flexibility index (Phi) is 5.61. The topological polar surface area (TPSA) is 54.9 Å². The van der Waals surface area contributed by atoms with Crippen molar-refractivity contribution >= 4 is 39.3 Å². The van der Waals surface area contributed by atoms with E-state index in [-0.39, 0.29) is 5.91 Å². The summed E-state index contributed by atoms with van der Waals surface area (Å²) in [4.78, 5) is 21.6. The van der Waals surface area contributed by atoms with Gasteiger partial charge in [-0.05, 0) is 24.3 Å². The van der Waals surface area contributed by atoms with Crippen LogP contribution in [-0.4, -0.2) is 21.6 Å². The van der Waals surface area contributed by atoms with Gasteiger partial charge in [0, 0.05) is 14.9 Å². The number of aromatic nitrogens is 2. The van der Waals surface area contributed by atoms with Crippen molar-refractivity contribution in [2.45, 2.75) is 4.90 Å². The maximum absolute atomic E-state index is 12.0. The first-order valence-electron chi connectivity index (χ1n) is 7.26. The number of nitrogens with one attached hydrogen (secondary N) is 1. The lowest BCUT2D eigenvalue weighted by molar-refractivity contribution is -0.113. The lowest BCUT2D eigenvalue weighted by atomic mass is 10.2. The minimum absolute atomic E-state index is 0.0843. The number of nitrogens with zero attached hydrogens (tertiary/aromatic N) is 2. The largest absolute Gasteiger partial charge is 0.323 e. The molecule has 120 valence electrons. The first-order valence-corrected chi connectivity index (χ1v) is 9.04. The summed E-state index contributed by atoms with van der Waals surface area (Å²) in [6.07, 6.45) is 3.25. The lowest BCUT2D eigenvalue weighted by Gasteiger charge is -2.06. The monoisotopic (exact) mass is 399 g/mol. The SMILES string of the molecule is O=C(CSc1ccc(Br)cc1)Nc1cnc(-c2ccccc2)nc1. The van der Waals surface area contributed by atoms with E-state index in [1.54, 1.807) is 12.4 Å². The molecule has 1 N–H and O–H groups in total. The third-order valence-electron chi connectivity index (χ3n) is 3.15. The number of hydrogen-bond acceptors (Lipinski definition) is 4. The normalized spacial score (nSPS) is 10.4. The van der Waals surface area contributed by atoms with Crippen LogP contribution in [0, 0.1) is 0 Å². The molecular weight excluding hydrogens is 386 g/mol. The van der Waals surface area contributed by atoms with E-state index in [0.29, 0.717) is 17.3 Å². The molecule has 1 heterocycles. The van der Waals surface area contributed by atoms with E-state index in [0.717, 1.165) is 14.9 Å². The minimum Gasteiger partial charge on any atom is -0.323 e. The molecule has 6 heteroatoms. The molecule has 1 aromatic heterocycles. The van der Waals surface area contributed by atoms with Gasteiger partial charge < -0.3 is 5.32 Å². The van der Waals surface area contributed by atoms with Crippen LogP contribution in [0.2, 0.25) is 0 Å². The first-order chi connectivity index (χ1) is 11.7. The molecular formula is C18H14BrN3OS. The van der Waals surface area contributed by atoms with Crippen LogP contribution in [0.1, 0.15) is 0 Å². The summed E-state index contributed by atoms with van der Waals surface area (Å²) >= 11 is 4.87. The highest BCUT2D eigenvalue weighted by Crippen LogP contribution is 2.21. The van der Waals surface area contributed by atoms with Crippen molar-refractivity contribution in [3.05, 3.63) is 71.5 Å². The zero-order chi connectivity index (χ0) is 16.8. The van der Waals surface area contributed by atoms with Crippen molar-refractivity contribution in [2.24, 2.45) is 0 Å². The van der Waals surface area contributed by atoms with Crippen molar-refractivity contribution in [2.75, 3.05) is 11.1 Å². The van der Waals surface area contributed by atoms with Crippen molar-refractivity contribution < 1.29 is 4.79 Å². The molecule has 0 spiro atoms. The molecule has 0 saturated heterocycles. The van der Waals surface area contributed by atoms with E-state index in [9.17, 15) is 4.79 Å². The number of hydrogen-bond donors (Lipinski definition) is 1. The molecule has 0 saturated carbocycles. The Morgan fingerprint density at radius 3 is 2.33 bits per heavy atom. The smallest absolute Gasteiger partial charge is 0.234 e. The molecule has 0 unspecified atom stereocenters. The Hall–Kier alpha value is -2.18. The zero-order valence-electron chi connectivity index (χ0n) is 12.6. The van der Waals surface area contributed by atoms with Crippen LogP contribution in [-0.2, 0) is 4.79 Å². The number of amides is 1. The van der Waals surface area contributed by atoms with Crippen molar-refractivity contribution in [1.29, 1.82) is 0 Å². The van der Waals surface area contributed by atoms with E-state index < -0.39 is 0 Å². The van der Waals surface area contributed by atoms with Gasteiger partial charge in [0.2, 0.25) is 5.91 Å². The average Bonchev–Trinajstić information content (AvgIpc) is 2.63. The first kappa shape index (κ1) is 16.7. The maximum Gasteiger partial charge on any atom is 0.234 e. The van der Waals surface area contributed by atoms with Crippen LogP contribution < -0.4 is 5.32 Å². The van der Waals surface area contributed by atoms with Gasteiger partial charge in [0.15, 0.2) is 5.82 Å². The van der Waals surface area contributed by atoms with Gasteiger partial charge in [0.05, 0.1) is 23.8 Å². The second kappa shape index (κ2) is 8.08. The van der Waals surface area contributed by atoms with Crippen LogP contribution in [0.5, 0.6) is 0 Å². The molecule has 2 aromatic carbocycles. The van der Waals surface area contributed by atoms with Crippen LogP contribution in [0.3, 0.4) is 0 Å². The number of carbonyl (C=O) groups is 1. The Morgan fingerprint density at radius 2 is 1.67 bits per heavy atom. The molecule has 3 aromatic rings. The number of benzene rings is 2. The third-order valence-corrected chi connectivity index (χ3v) is 4.69. The van der Waals surface area contributed by atoms with Crippen LogP contribution in [0.4, 0.5) is 5.69 Å². The summed E-state index contributed by atoms with van der Waals surface area (Å²) < 4.78 is 1.02. The summed E-state index contributed by atoms with van der Waals surface area (Å²) in [5.74, 6) is 0.888. The molecule has 3 rings (SSSR count). The van der Waals surface area contributed by atoms with E-state index in [2.05, 4.69) is 31.2 Å². The van der Waals surface area contributed by atoms with Crippen molar-refractivity contribution in [3.63, 3.8) is 0 Å². The lowest BCUT2D eigenvalue weighted by Crippen LogP contribution is -2.14. The second-order valence-corrected chi connectivity index (χ2v) is 6.92. The third kappa shape index (κ3) is 4.66. The molecule has 24 heavy (non-hydrogen) atoms. The van der Waals surface area contributed by atoms with Gasteiger partial charge in [0.1, 0.15) is 0 Å². The number of carbonyl (C=O) groups excluding carboxylic acids is 1. The van der Waals surface area contributed by atoms with E-state index in [1.165, 1.54) is 11.8 Å². The Labute approximate surface area is 152 Å². The Balaban J connectivity index is 1.55. The molecule has 0 aliphatic heterocycles. The van der Waals surface area contributed by atoms with Crippen LogP contribution >= 0.6 is 27.7 Å². The number of anilines is 1. The maximum atomic E-state index is 12.0. The Bertz CT molecular complexity index is 808. The molecule has 0 aliphatic rings. The van der Waals surface area contributed by atoms with Crippen molar-refractivity contribution in [3.8, 4) is 11.4 Å². The zero-order valence-corrected chi connectivity index (χ0v) is 15.0. The summed E-state index contributed by atoms with van der Waals surface area (Å²) in [6.45, 7) is 0. The number of thioether (sulfide) groups is 1. The molecule has 0 aliphatic carbocycles. The summed E-state index contributed by atoms with van der Waals surface area (Å²) in [5, 5.41) is 2.81. The predicted molar refractivity (Wildman–Crippen MR) is 101 cm³/mol. The highest BCUT2D eigenvalue weighted by molar-refractivity contribution is 9.10. The highest BCUT2D eigenvalue weighted by atomic mass is 79.9. The summed E-state index contributed by atoms with van der Waals surface area (Å²) in [5.41, 5.74) is 1.54. The average molecular weight is 400 g/mol. The van der Waals surface area contributed by atoms with Crippen molar-refractivity contribution in [1.82, 2.24) is 9.97 Å². The van der Waals surface area contributed by atoms with Gasteiger partial charge in [-0.3, -0.25) is 4.79 Å². The molecule has 0 fully saturated rings. The van der Waals surface area contributed by atoms with Crippen LogP contribution in [0.15, 0.2) is 76.4 Å². The summed E-state index contributed by atoms with van der Waals surface area (Å²) in [7, 11) is 0. The molecule has 0 bridgehead atoms. The Morgan fingerprint density at radius 1 is 1.00 bits per heavy atom. The number of rotatable bonds is 5. The summed E-state index contributed by atoms with van der Waals surface area (Å²) in [6, 6.07) is 17.6. The molecule has 0 radical (unpaired) electrons. The predicted octanol–water partition coefficient (Wildman–Crippen LogP) is 4.64. The van der Waals surface area contributed by atoms with E-state index >= 15 is 0 Å². The minimum atomic E-state index is -0.0843. The van der Waals surface area contributed by atoms with E-state index in [4.69, 9.17) is 0 Å². The van der Waals surface area contributed by atoms with Gasteiger partial charge >= 0.3 is 0 Å². The quantitative estimate of drug-likeness (QED) is 0.635. The van der Waals surface area contributed by atoms with Gasteiger partial charge in [-0.2, -0.15) is 0 Å². The van der Waals surface area contributed by atoms with Crippen LogP contribution in [0.25, 0.3) is 11.4 Å². The fourth-order valence-corrected chi connectivity index (χ4v) is 2.97. The highest BCUT2D eigenvalue weighted by Gasteiger charge is 2.06. The fourth-order valence-electron chi connectivity index (χ4n) is 2.01. The fraction of sp³-hybridized carbons (Fsp3) is 0.0556. The molecule has 4 nitrogen and oxygen atoms in total. The van der Waals surface area contributed by atoms with Gasteiger partial charge in [0.25, 0.3) is 0 Å². The van der Waals surface area contributed by atoms with E-state index in [1.807, 2.05) is 54.6 Å². The van der Waals surface area contributed by atoms with Gasteiger partial charge in [-0.15, -0.1) is 11.8 Å². The number of halogens is 1.